The third kappa shape index (κ3) is 1.05. The van der Waals surface area contributed by atoms with E-state index in [1.54, 1.807) is 0 Å². The number of nitrogens with zero attached hydrogens (tertiary/aromatic N) is 4. The molecule has 5 heteroatoms. The number of nitriles is 1. The van der Waals surface area contributed by atoms with E-state index in [9.17, 15) is 0 Å². The van der Waals surface area contributed by atoms with Crippen molar-refractivity contribution in [3.05, 3.63) is 5.82 Å². The minimum absolute atomic E-state index is 0.0857. The van der Waals surface area contributed by atoms with Crippen LogP contribution in [0.25, 0.3) is 0 Å². The molecule has 1 aliphatic carbocycles. The zero-order chi connectivity index (χ0) is 8.39. The van der Waals surface area contributed by atoms with Crippen molar-refractivity contribution in [2.75, 3.05) is 0 Å². The van der Waals surface area contributed by atoms with Crippen LogP contribution in [0.15, 0.2) is 0 Å². The summed E-state index contributed by atoms with van der Waals surface area (Å²) >= 11 is 0. The Kier molecular flexibility index (Phi) is 1.74. The number of rotatable bonds is 1. The monoisotopic (exact) mass is 163 g/mol. The minimum Gasteiger partial charge on any atom is -0.198 e. The van der Waals surface area contributed by atoms with Gasteiger partial charge in [0.15, 0.2) is 5.82 Å². The lowest BCUT2D eigenvalue weighted by atomic mass is 9.97. The van der Waals surface area contributed by atoms with E-state index in [0.29, 0.717) is 5.82 Å². The molecule has 0 aliphatic heterocycles. The second-order valence-electron chi connectivity index (χ2n) is 3.04. The van der Waals surface area contributed by atoms with Crippen molar-refractivity contribution in [3.8, 4) is 6.07 Å². The van der Waals surface area contributed by atoms with Gasteiger partial charge < -0.3 is 0 Å². The molecule has 1 aromatic rings. The summed E-state index contributed by atoms with van der Waals surface area (Å²) in [6.07, 6.45) is 3.07. The van der Waals surface area contributed by atoms with Crippen LogP contribution >= 0.6 is 0 Å². The fourth-order valence-corrected chi connectivity index (χ4v) is 1.75. The zero-order valence-corrected chi connectivity index (χ0v) is 6.56. The summed E-state index contributed by atoms with van der Waals surface area (Å²) in [6.45, 7) is 0. The molecule has 1 aliphatic rings. The van der Waals surface area contributed by atoms with Crippen LogP contribution in [-0.4, -0.2) is 20.6 Å². The third-order valence-electron chi connectivity index (χ3n) is 2.38. The number of aromatic amines is 1. The maximum absolute atomic E-state index is 8.80. The molecule has 1 aromatic heterocycles. The molecule has 0 saturated heterocycles. The van der Waals surface area contributed by atoms with Crippen LogP contribution < -0.4 is 0 Å². The van der Waals surface area contributed by atoms with Crippen molar-refractivity contribution in [2.24, 2.45) is 5.92 Å². The molecule has 1 fully saturated rings. The first-order valence-corrected chi connectivity index (χ1v) is 4.05. The second kappa shape index (κ2) is 2.89. The molecule has 62 valence electrons. The van der Waals surface area contributed by atoms with Crippen LogP contribution in [0.5, 0.6) is 0 Å². The number of hydrogen-bond donors (Lipinski definition) is 1. The van der Waals surface area contributed by atoms with Crippen molar-refractivity contribution >= 4 is 0 Å². The van der Waals surface area contributed by atoms with Crippen molar-refractivity contribution in [1.82, 2.24) is 20.6 Å². The van der Waals surface area contributed by atoms with Crippen LogP contribution in [0.2, 0.25) is 0 Å². The Morgan fingerprint density at radius 3 is 3.08 bits per heavy atom. The average Bonchev–Trinajstić information content (AvgIpc) is 2.74. The fraction of sp³-hybridized carbons (Fsp3) is 0.714. The van der Waals surface area contributed by atoms with E-state index >= 15 is 0 Å². The van der Waals surface area contributed by atoms with Gasteiger partial charge in [-0.2, -0.15) is 10.5 Å². The molecule has 0 radical (unpaired) electrons. The van der Waals surface area contributed by atoms with E-state index < -0.39 is 0 Å². The highest BCUT2D eigenvalue weighted by atomic mass is 15.5. The van der Waals surface area contributed by atoms with Crippen molar-refractivity contribution < 1.29 is 0 Å². The molecule has 0 bridgehead atoms. The van der Waals surface area contributed by atoms with Gasteiger partial charge >= 0.3 is 0 Å². The second-order valence-corrected chi connectivity index (χ2v) is 3.04. The van der Waals surface area contributed by atoms with Crippen LogP contribution in [-0.2, 0) is 0 Å². The molecule has 2 rings (SSSR count). The number of aromatic nitrogens is 4. The highest BCUT2D eigenvalue weighted by molar-refractivity contribution is 5.05. The summed E-state index contributed by atoms with van der Waals surface area (Å²) in [5.41, 5.74) is 0. The number of nitrogens with one attached hydrogen (secondary N) is 1. The van der Waals surface area contributed by atoms with E-state index in [1.165, 1.54) is 0 Å². The largest absolute Gasteiger partial charge is 0.198 e. The van der Waals surface area contributed by atoms with Crippen LogP contribution in [0.1, 0.15) is 31.0 Å². The predicted molar refractivity (Wildman–Crippen MR) is 39.9 cm³/mol. The first-order valence-electron chi connectivity index (χ1n) is 4.05. The molecular weight excluding hydrogens is 154 g/mol. The molecule has 0 aromatic carbocycles. The molecule has 2 unspecified atom stereocenters. The molecular formula is C7H9N5. The summed E-state index contributed by atoms with van der Waals surface area (Å²) in [5, 5.41) is 22.5. The molecule has 1 N–H and O–H groups in total. The minimum atomic E-state index is 0.0857. The Balaban J connectivity index is 2.20. The van der Waals surface area contributed by atoms with Crippen molar-refractivity contribution in [3.63, 3.8) is 0 Å². The van der Waals surface area contributed by atoms with Crippen LogP contribution in [0.4, 0.5) is 0 Å². The number of H-pyrrole nitrogens is 1. The lowest BCUT2D eigenvalue weighted by Gasteiger charge is -2.06. The Morgan fingerprint density at radius 1 is 1.50 bits per heavy atom. The van der Waals surface area contributed by atoms with Crippen molar-refractivity contribution in [1.29, 1.82) is 5.26 Å². The van der Waals surface area contributed by atoms with Gasteiger partial charge in [0.25, 0.3) is 0 Å². The lowest BCUT2D eigenvalue weighted by molar-refractivity contribution is 0.571. The van der Waals surface area contributed by atoms with Gasteiger partial charge in [0.05, 0.1) is 12.0 Å². The summed E-state index contributed by atoms with van der Waals surface area (Å²) in [5.74, 6) is 0.982. The topological polar surface area (TPSA) is 78.2 Å². The molecule has 1 saturated carbocycles. The maximum Gasteiger partial charge on any atom is 0.178 e. The summed E-state index contributed by atoms with van der Waals surface area (Å²) in [4.78, 5) is 0. The summed E-state index contributed by atoms with van der Waals surface area (Å²) in [7, 11) is 0. The van der Waals surface area contributed by atoms with Gasteiger partial charge in [0.2, 0.25) is 0 Å². The number of hydrogen-bond acceptors (Lipinski definition) is 4. The van der Waals surface area contributed by atoms with E-state index in [2.05, 4.69) is 26.7 Å². The van der Waals surface area contributed by atoms with Gasteiger partial charge in [0, 0.05) is 5.92 Å². The Hall–Kier alpha value is -1.44. The molecule has 1 heterocycles. The van der Waals surface area contributed by atoms with Gasteiger partial charge in [-0.25, -0.2) is 0 Å². The number of tetrazole rings is 1. The summed E-state index contributed by atoms with van der Waals surface area (Å²) < 4.78 is 0. The van der Waals surface area contributed by atoms with Crippen LogP contribution in [0, 0.1) is 17.2 Å². The van der Waals surface area contributed by atoms with Crippen LogP contribution in [0.3, 0.4) is 0 Å². The SMILES string of the molecule is N#CC1CCCC1c1nn[nH]n1. The maximum atomic E-state index is 8.80. The Morgan fingerprint density at radius 2 is 2.42 bits per heavy atom. The first kappa shape index (κ1) is 7.22. The van der Waals surface area contributed by atoms with Gasteiger partial charge in [-0.3, -0.25) is 0 Å². The quantitative estimate of drug-likeness (QED) is 0.657. The van der Waals surface area contributed by atoms with Crippen molar-refractivity contribution in [2.45, 2.75) is 25.2 Å². The molecule has 12 heavy (non-hydrogen) atoms. The van der Waals surface area contributed by atoms with Gasteiger partial charge in [0.1, 0.15) is 0 Å². The zero-order valence-electron chi connectivity index (χ0n) is 6.56. The lowest BCUT2D eigenvalue weighted by Crippen LogP contribution is -2.05. The first-order chi connectivity index (χ1) is 5.92. The fourth-order valence-electron chi connectivity index (χ4n) is 1.75. The average molecular weight is 163 g/mol. The Labute approximate surface area is 69.8 Å². The van der Waals surface area contributed by atoms with E-state index in [0.717, 1.165) is 19.3 Å². The highest BCUT2D eigenvalue weighted by Gasteiger charge is 2.31. The normalized spacial score (nSPS) is 28.6. The molecule has 2 atom stereocenters. The molecule has 0 spiro atoms. The van der Waals surface area contributed by atoms with Gasteiger partial charge in [-0.05, 0) is 12.8 Å². The van der Waals surface area contributed by atoms with E-state index in [-0.39, 0.29) is 11.8 Å². The van der Waals surface area contributed by atoms with E-state index in [4.69, 9.17) is 5.26 Å². The van der Waals surface area contributed by atoms with E-state index in [1.807, 2.05) is 0 Å². The highest BCUT2D eigenvalue weighted by Crippen LogP contribution is 2.36. The Bertz CT molecular complexity index is 285. The smallest absolute Gasteiger partial charge is 0.178 e. The third-order valence-corrected chi connectivity index (χ3v) is 2.38. The summed E-state index contributed by atoms with van der Waals surface area (Å²) in [6, 6.07) is 2.28. The molecule has 0 amide bonds. The predicted octanol–water partition coefficient (Wildman–Crippen LogP) is 0.607. The van der Waals surface area contributed by atoms with Gasteiger partial charge in [-0.15, -0.1) is 10.2 Å². The standard InChI is InChI=1S/C7H9N5/c8-4-5-2-1-3-6(5)7-9-11-12-10-7/h5-6H,1-3H2,(H,9,10,11,12). The molecule has 5 nitrogen and oxygen atoms in total. The van der Waals surface area contributed by atoms with Gasteiger partial charge in [-0.1, -0.05) is 11.6 Å².